The van der Waals surface area contributed by atoms with Crippen molar-refractivity contribution in [2.24, 2.45) is 0 Å². The molecule has 2 amide bonds. The van der Waals surface area contributed by atoms with Gasteiger partial charge in [0.25, 0.3) is 5.91 Å². The van der Waals surface area contributed by atoms with E-state index in [-0.39, 0.29) is 29.1 Å². The molecule has 0 unspecified atom stereocenters. The normalized spacial score (nSPS) is 10.7. The third-order valence-corrected chi connectivity index (χ3v) is 5.17. The molecule has 0 spiro atoms. The van der Waals surface area contributed by atoms with Gasteiger partial charge >= 0.3 is 0 Å². The molecule has 0 radical (unpaired) electrons. The number of hydrogen-bond acceptors (Lipinski definition) is 3. The molecule has 3 aromatic rings. The first-order valence-corrected chi connectivity index (χ1v) is 9.59. The average molecular weight is 411 g/mol. The predicted octanol–water partition coefficient (Wildman–Crippen LogP) is 4.16. The lowest BCUT2D eigenvalue weighted by atomic mass is 10.1. The van der Waals surface area contributed by atoms with Gasteiger partial charge in [-0.25, -0.2) is 4.68 Å². The summed E-state index contributed by atoms with van der Waals surface area (Å²) in [5.41, 5.74) is 4.38. The van der Waals surface area contributed by atoms with Gasteiger partial charge in [0.05, 0.1) is 23.5 Å². The first-order chi connectivity index (χ1) is 13.8. The van der Waals surface area contributed by atoms with Crippen LogP contribution < -0.4 is 5.32 Å². The molecule has 1 N–H and O–H groups in total. The third kappa shape index (κ3) is 4.32. The molecular weight excluding hydrogens is 388 g/mol. The Balaban J connectivity index is 1.76. The zero-order valence-corrected chi connectivity index (χ0v) is 17.6. The summed E-state index contributed by atoms with van der Waals surface area (Å²) in [5.74, 6) is -0.635. The second-order valence-corrected chi connectivity index (χ2v) is 7.31. The Morgan fingerprint density at radius 1 is 1.07 bits per heavy atom. The highest BCUT2D eigenvalue weighted by Crippen LogP contribution is 2.24. The van der Waals surface area contributed by atoms with Crippen LogP contribution in [-0.4, -0.2) is 40.1 Å². The fourth-order valence-corrected chi connectivity index (χ4v) is 3.39. The number of carbonyl (C=O) groups excluding carboxylic acids is 2. The molecule has 3 rings (SSSR count). The molecule has 0 saturated heterocycles. The highest BCUT2D eigenvalue weighted by Gasteiger charge is 2.25. The summed E-state index contributed by atoms with van der Waals surface area (Å²) in [5, 5.41) is 7.47. The van der Waals surface area contributed by atoms with Crippen molar-refractivity contribution >= 4 is 29.1 Å². The molecule has 29 heavy (non-hydrogen) atoms. The number of aromatic nitrogens is 2. The van der Waals surface area contributed by atoms with Crippen molar-refractivity contribution in [2.45, 2.75) is 20.8 Å². The number of para-hydroxylation sites is 1. The smallest absolute Gasteiger partial charge is 0.259 e. The Labute approximate surface area is 175 Å². The van der Waals surface area contributed by atoms with Crippen LogP contribution in [0.25, 0.3) is 5.69 Å². The summed E-state index contributed by atoms with van der Waals surface area (Å²) in [6.45, 7) is 5.55. The van der Waals surface area contributed by atoms with Crippen LogP contribution in [0.4, 0.5) is 5.69 Å². The summed E-state index contributed by atoms with van der Waals surface area (Å²) < 4.78 is 1.52. The van der Waals surface area contributed by atoms with Crippen molar-refractivity contribution in [1.82, 2.24) is 14.7 Å². The van der Waals surface area contributed by atoms with Crippen LogP contribution in [0.15, 0.2) is 48.5 Å². The lowest BCUT2D eigenvalue weighted by Gasteiger charge is -2.17. The number of aryl methyl sites for hydroxylation is 2. The van der Waals surface area contributed by atoms with Crippen LogP contribution in [0.3, 0.4) is 0 Å². The van der Waals surface area contributed by atoms with Crippen LogP contribution in [-0.2, 0) is 4.79 Å². The molecule has 0 aliphatic heterocycles. The van der Waals surface area contributed by atoms with Crippen molar-refractivity contribution in [1.29, 1.82) is 0 Å². The first kappa shape index (κ1) is 20.6. The van der Waals surface area contributed by atoms with Crippen molar-refractivity contribution in [3.63, 3.8) is 0 Å². The quantitative estimate of drug-likeness (QED) is 0.686. The highest BCUT2D eigenvalue weighted by molar-refractivity contribution is 6.33. The van der Waals surface area contributed by atoms with Crippen LogP contribution in [0.5, 0.6) is 0 Å². The minimum Gasteiger partial charge on any atom is -0.332 e. The van der Waals surface area contributed by atoms with E-state index in [1.165, 1.54) is 9.58 Å². The molecule has 0 aliphatic carbocycles. The zero-order chi connectivity index (χ0) is 21.1. The molecule has 0 bridgehead atoms. The van der Waals surface area contributed by atoms with Gasteiger partial charge in [-0.3, -0.25) is 9.59 Å². The molecule has 0 fully saturated rings. The van der Waals surface area contributed by atoms with E-state index in [1.54, 1.807) is 14.0 Å². The molecule has 7 heteroatoms. The second-order valence-electron chi connectivity index (χ2n) is 6.96. The Bertz CT molecular complexity index is 1060. The average Bonchev–Trinajstić information content (AvgIpc) is 2.99. The van der Waals surface area contributed by atoms with Gasteiger partial charge in [-0.1, -0.05) is 41.9 Å². The Kier molecular flexibility index (Phi) is 6.03. The first-order valence-electron chi connectivity index (χ1n) is 9.21. The fraction of sp³-hybridized carbons (Fsp3) is 0.227. The van der Waals surface area contributed by atoms with E-state index in [4.69, 9.17) is 11.6 Å². The fourth-order valence-electron chi connectivity index (χ4n) is 3.04. The Hall–Kier alpha value is -3.12. The molecule has 6 nitrogen and oxygen atoms in total. The van der Waals surface area contributed by atoms with Crippen LogP contribution in [0, 0.1) is 20.8 Å². The monoisotopic (exact) mass is 410 g/mol. The van der Waals surface area contributed by atoms with Gasteiger partial charge in [-0.15, -0.1) is 0 Å². The van der Waals surface area contributed by atoms with Crippen LogP contribution in [0.1, 0.15) is 27.2 Å². The Morgan fingerprint density at radius 2 is 1.76 bits per heavy atom. The third-order valence-electron chi connectivity index (χ3n) is 4.82. The van der Waals surface area contributed by atoms with Gasteiger partial charge in [0, 0.05) is 12.7 Å². The molecule has 2 aromatic carbocycles. The van der Waals surface area contributed by atoms with E-state index in [2.05, 4.69) is 10.4 Å². The minimum absolute atomic E-state index is 0.0987. The second kappa shape index (κ2) is 8.49. The Morgan fingerprint density at radius 3 is 2.45 bits per heavy atom. The number of amides is 2. The highest BCUT2D eigenvalue weighted by atomic mass is 35.5. The molecular formula is C22H23ClN4O2. The number of nitrogens with zero attached hydrogens (tertiary/aromatic N) is 3. The van der Waals surface area contributed by atoms with Crippen LogP contribution >= 0.6 is 11.6 Å². The molecule has 150 valence electrons. The number of benzene rings is 2. The molecule has 0 atom stereocenters. The zero-order valence-electron chi connectivity index (χ0n) is 16.9. The number of anilines is 1. The maximum Gasteiger partial charge on any atom is 0.259 e. The molecule has 0 aliphatic rings. The van der Waals surface area contributed by atoms with E-state index in [1.807, 2.05) is 62.4 Å². The lowest BCUT2D eigenvalue weighted by molar-refractivity contribution is -0.116. The summed E-state index contributed by atoms with van der Waals surface area (Å²) in [4.78, 5) is 26.7. The number of nitrogens with one attached hydrogen (secondary N) is 1. The van der Waals surface area contributed by atoms with Crippen molar-refractivity contribution in [3.8, 4) is 5.69 Å². The van der Waals surface area contributed by atoms with E-state index in [9.17, 15) is 9.59 Å². The number of halogens is 1. The van der Waals surface area contributed by atoms with Crippen LogP contribution in [0.2, 0.25) is 5.15 Å². The largest absolute Gasteiger partial charge is 0.332 e. The van der Waals surface area contributed by atoms with Gasteiger partial charge in [-0.2, -0.15) is 5.10 Å². The summed E-state index contributed by atoms with van der Waals surface area (Å²) >= 11 is 6.46. The van der Waals surface area contributed by atoms with Crippen molar-refractivity contribution < 1.29 is 9.59 Å². The maximum absolute atomic E-state index is 12.9. The summed E-state index contributed by atoms with van der Waals surface area (Å²) in [6, 6.07) is 15.0. The number of hydrogen-bond donors (Lipinski definition) is 1. The minimum atomic E-state index is -0.356. The summed E-state index contributed by atoms with van der Waals surface area (Å²) in [7, 11) is 1.57. The number of rotatable bonds is 5. The van der Waals surface area contributed by atoms with Crippen molar-refractivity contribution in [2.75, 3.05) is 18.9 Å². The van der Waals surface area contributed by atoms with E-state index >= 15 is 0 Å². The maximum atomic E-state index is 12.9. The van der Waals surface area contributed by atoms with E-state index in [0.29, 0.717) is 5.69 Å². The SMILES string of the molecule is Cc1cccc(NC(=O)CN(C)C(=O)c2c(C)nn(-c3ccccc3)c2Cl)c1C. The number of likely N-dealkylation sites (N-methyl/N-ethyl adjacent to an activating group) is 1. The standard InChI is InChI=1S/C22H23ClN4O2/c1-14-9-8-12-18(15(14)2)24-19(28)13-26(4)22(29)20-16(3)25-27(21(20)23)17-10-6-5-7-11-17/h5-12H,13H2,1-4H3,(H,24,28). The van der Waals surface area contributed by atoms with Gasteiger partial charge in [0.2, 0.25) is 5.91 Å². The predicted molar refractivity (Wildman–Crippen MR) is 115 cm³/mol. The molecule has 1 heterocycles. The molecule has 0 saturated carbocycles. The lowest BCUT2D eigenvalue weighted by Crippen LogP contribution is -2.35. The van der Waals surface area contributed by atoms with Gasteiger partial charge in [0.15, 0.2) is 0 Å². The van der Waals surface area contributed by atoms with E-state index in [0.717, 1.165) is 22.5 Å². The molecule has 1 aromatic heterocycles. The topological polar surface area (TPSA) is 67.2 Å². The van der Waals surface area contributed by atoms with Crippen molar-refractivity contribution in [3.05, 3.63) is 76.1 Å². The summed E-state index contributed by atoms with van der Waals surface area (Å²) in [6.07, 6.45) is 0. The van der Waals surface area contributed by atoms with Gasteiger partial charge in [0.1, 0.15) is 5.15 Å². The van der Waals surface area contributed by atoms with E-state index < -0.39 is 0 Å². The van der Waals surface area contributed by atoms with Gasteiger partial charge < -0.3 is 10.2 Å². The number of carbonyl (C=O) groups is 2. The van der Waals surface area contributed by atoms with Gasteiger partial charge in [-0.05, 0) is 50.1 Å².